The highest BCUT2D eigenvalue weighted by atomic mass is 32.2. The lowest BCUT2D eigenvalue weighted by Crippen LogP contribution is -2.13. The topological polar surface area (TPSA) is 55.4 Å². The molecule has 154 valence electrons. The summed E-state index contributed by atoms with van der Waals surface area (Å²) in [6.07, 6.45) is 0. The lowest BCUT2D eigenvalue weighted by Gasteiger charge is -2.13. The monoisotopic (exact) mass is 419 g/mol. The van der Waals surface area contributed by atoms with Crippen LogP contribution in [0.5, 0.6) is 5.75 Å². The third-order valence-corrected chi connectivity index (χ3v) is 5.63. The molecule has 1 N–H and O–H groups in total. The Morgan fingerprint density at radius 2 is 1.73 bits per heavy atom. The number of carbonyl (C=O) groups is 2. The van der Waals surface area contributed by atoms with E-state index in [1.165, 1.54) is 17.4 Å². The lowest BCUT2D eigenvalue weighted by molar-refractivity contribution is 0.101. The second-order valence-corrected chi connectivity index (χ2v) is 8.00. The number of anilines is 1. The number of amides is 1. The molecule has 1 amide bonds. The number of ether oxygens (including phenoxy) is 1. The van der Waals surface area contributed by atoms with E-state index in [1.54, 1.807) is 42.1 Å². The van der Waals surface area contributed by atoms with Gasteiger partial charge in [0.15, 0.2) is 5.78 Å². The van der Waals surface area contributed by atoms with Crippen LogP contribution < -0.4 is 10.1 Å². The predicted molar refractivity (Wildman–Crippen MR) is 123 cm³/mol. The molecule has 0 heterocycles. The van der Waals surface area contributed by atoms with Gasteiger partial charge in [0.2, 0.25) is 0 Å². The van der Waals surface area contributed by atoms with Crippen molar-refractivity contribution in [1.82, 2.24) is 0 Å². The minimum absolute atomic E-state index is 0.0393. The molecule has 0 aromatic heterocycles. The van der Waals surface area contributed by atoms with Crippen molar-refractivity contribution in [2.75, 3.05) is 11.9 Å². The van der Waals surface area contributed by atoms with E-state index in [9.17, 15) is 9.59 Å². The molecule has 3 aromatic rings. The first kappa shape index (κ1) is 21.7. The number of thioether (sulfide) groups is 1. The Balaban J connectivity index is 1.78. The highest BCUT2D eigenvalue weighted by molar-refractivity contribution is 7.98. The first-order valence-corrected chi connectivity index (χ1v) is 10.8. The van der Waals surface area contributed by atoms with Gasteiger partial charge in [0.05, 0.1) is 6.61 Å². The molecule has 0 aliphatic rings. The van der Waals surface area contributed by atoms with Crippen LogP contribution in [-0.2, 0) is 5.75 Å². The van der Waals surface area contributed by atoms with Crippen molar-refractivity contribution in [3.63, 3.8) is 0 Å². The Morgan fingerprint density at radius 3 is 2.43 bits per heavy atom. The molecule has 4 nitrogen and oxygen atoms in total. The number of Topliss-reactive ketones (excluding diaryl/α,β-unsaturated/α-hetero) is 1. The third-order valence-electron chi connectivity index (χ3n) is 4.56. The van der Waals surface area contributed by atoms with E-state index >= 15 is 0 Å². The maximum atomic E-state index is 12.8. The Labute approximate surface area is 181 Å². The van der Waals surface area contributed by atoms with Crippen LogP contribution in [0.4, 0.5) is 5.69 Å². The van der Waals surface area contributed by atoms with Crippen LogP contribution in [-0.4, -0.2) is 18.3 Å². The van der Waals surface area contributed by atoms with E-state index in [0.29, 0.717) is 29.2 Å². The first-order valence-electron chi connectivity index (χ1n) is 9.84. The molecule has 0 radical (unpaired) electrons. The number of nitrogens with one attached hydrogen (secondary N) is 1. The van der Waals surface area contributed by atoms with Crippen molar-refractivity contribution in [2.24, 2.45) is 0 Å². The first-order chi connectivity index (χ1) is 14.5. The van der Waals surface area contributed by atoms with E-state index in [2.05, 4.69) is 36.5 Å². The average Bonchev–Trinajstić information content (AvgIpc) is 2.74. The number of hydrogen-bond acceptors (Lipinski definition) is 4. The van der Waals surface area contributed by atoms with E-state index in [0.717, 1.165) is 11.3 Å². The van der Waals surface area contributed by atoms with Gasteiger partial charge in [-0.15, -0.1) is 11.8 Å². The molecule has 0 bridgehead atoms. The summed E-state index contributed by atoms with van der Waals surface area (Å²) in [5.41, 5.74) is 3.90. The summed E-state index contributed by atoms with van der Waals surface area (Å²) in [6.45, 7) is 6.08. The summed E-state index contributed by atoms with van der Waals surface area (Å²) in [4.78, 5) is 25.5. The standard InChI is InChI=1S/C25H25NO3S/c1-4-29-24-13-10-20(14-21(24)16-30-23-11-8-17(2)9-12-23)25(28)26-22-7-5-6-19(15-22)18(3)27/h5-15H,4,16H2,1-3H3,(H,26,28). The Kier molecular flexibility index (Phi) is 7.31. The quantitative estimate of drug-likeness (QED) is 0.352. The number of benzene rings is 3. The highest BCUT2D eigenvalue weighted by Crippen LogP contribution is 2.29. The van der Waals surface area contributed by atoms with Crippen molar-refractivity contribution in [1.29, 1.82) is 0 Å². The Morgan fingerprint density at radius 1 is 0.967 bits per heavy atom. The minimum Gasteiger partial charge on any atom is -0.494 e. The fraction of sp³-hybridized carbons (Fsp3) is 0.200. The zero-order valence-corrected chi connectivity index (χ0v) is 18.2. The van der Waals surface area contributed by atoms with Crippen molar-refractivity contribution in [3.05, 3.63) is 89.0 Å². The zero-order chi connectivity index (χ0) is 21.5. The van der Waals surface area contributed by atoms with Gasteiger partial charge in [0.1, 0.15) is 5.75 Å². The molecule has 0 spiro atoms. The fourth-order valence-corrected chi connectivity index (χ4v) is 3.82. The number of ketones is 1. The maximum Gasteiger partial charge on any atom is 0.255 e. The van der Waals surface area contributed by atoms with Gasteiger partial charge in [0, 0.05) is 33.0 Å². The molecule has 0 saturated heterocycles. The molecule has 0 saturated carbocycles. The summed E-state index contributed by atoms with van der Waals surface area (Å²) in [5.74, 6) is 1.22. The molecule has 0 aliphatic heterocycles. The van der Waals surface area contributed by atoms with Crippen LogP contribution >= 0.6 is 11.8 Å². The molecule has 0 unspecified atom stereocenters. The summed E-state index contributed by atoms with van der Waals surface area (Å²) in [5, 5.41) is 2.87. The summed E-state index contributed by atoms with van der Waals surface area (Å²) >= 11 is 1.70. The van der Waals surface area contributed by atoms with Crippen molar-refractivity contribution in [2.45, 2.75) is 31.4 Å². The summed E-state index contributed by atoms with van der Waals surface area (Å²) in [7, 11) is 0. The SMILES string of the molecule is CCOc1ccc(C(=O)Nc2cccc(C(C)=O)c2)cc1CSc1ccc(C)cc1. The van der Waals surface area contributed by atoms with Gasteiger partial charge in [-0.2, -0.15) is 0 Å². The molecule has 0 atom stereocenters. The largest absolute Gasteiger partial charge is 0.494 e. The van der Waals surface area contributed by atoms with E-state index in [-0.39, 0.29) is 11.7 Å². The van der Waals surface area contributed by atoms with Gasteiger partial charge in [0.25, 0.3) is 5.91 Å². The number of rotatable bonds is 8. The second kappa shape index (κ2) is 10.1. The van der Waals surface area contributed by atoms with Crippen molar-refractivity contribution >= 4 is 29.1 Å². The molecular weight excluding hydrogens is 394 g/mol. The Hall–Kier alpha value is -3.05. The maximum absolute atomic E-state index is 12.8. The van der Waals surface area contributed by atoms with Crippen LogP contribution in [0.3, 0.4) is 0 Å². The average molecular weight is 420 g/mol. The van der Waals surface area contributed by atoms with E-state index < -0.39 is 0 Å². The van der Waals surface area contributed by atoms with Gasteiger partial charge in [-0.3, -0.25) is 9.59 Å². The predicted octanol–water partition coefficient (Wildman–Crippen LogP) is 6.14. The molecule has 30 heavy (non-hydrogen) atoms. The molecular formula is C25H25NO3S. The third kappa shape index (κ3) is 5.74. The smallest absolute Gasteiger partial charge is 0.255 e. The van der Waals surface area contributed by atoms with Crippen LogP contribution in [0, 0.1) is 6.92 Å². The minimum atomic E-state index is -0.222. The molecule has 3 aromatic carbocycles. The van der Waals surface area contributed by atoms with E-state index in [4.69, 9.17) is 4.74 Å². The van der Waals surface area contributed by atoms with Crippen LogP contribution in [0.1, 0.15) is 45.7 Å². The van der Waals surface area contributed by atoms with Gasteiger partial charge in [-0.25, -0.2) is 0 Å². The highest BCUT2D eigenvalue weighted by Gasteiger charge is 2.12. The van der Waals surface area contributed by atoms with Crippen LogP contribution in [0.2, 0.25) is 0 Å². The normalized spacial score (nSPS) is 10.5. The van der Waals surface area contributed by atoms with Gasteiger partial charge >= 0.3 is 0 Å². The number of hydrogen-bond donors (Lipinski definition) is 1. The number of aryl methyl sites for hydroxylation is 1. The van der Waals surface area contributed by atoms with Crippen LogP contribution in [0.15, 0.2) is 71.6 Å². The molecule has 3 rings (SSSR count). The lowest BCUT2D eigenvalue weighted by atomic mass is 10.1. The van der Waals surface area contributed by atoms with E-state index in [1.807, 2.05) is 19.1 Å². The second-order valence-electron chi connectivity index (χ2n) is 6.95. The zero-order valence-electron chi connectivity index (χ0n) is 17.4. The van der Waals surface area contributed by atoms with Gasteiger partial charge in [-0.1, -0.05) is 29.8 Å². The molecule has 0 fully saturated rings. The summed E-state index contributed by atoms with van der Waals surface area (Å²) < 4.78 is 5.76. The van der Waals surface area contributed by atoms with Gasteiger partial charge in [-0.05, 0) is 63.2 Å². The van der Waals surface area contributed by atoms with Crippen LogP contribution in [0.25, 0.3) is 0 Å². The molecule has 0 aliphatic carbocycles. The Bertz CT molecular complexity index is 1040. The molecule has 5 heteroatoms. The van der Waals surface area contributed by atoms with Gasteiger partial charge < -0.3 is 10.1 Å². The van der Waals surface area contributed by atoms with Crippen molar-refractivity contribution < 1.29 is 14.3 Å². The van der Waals surface area contributed by atoms with Crippen molar-refractivity contribution in [3.8, 4) is 5.75 Å². The fourth-order valence-electron chi connectivity index (χ4n) is 2.94. The summed E-state index contributed by atoms with van der Waals surface area (Å²) in [6, 6.07) is 20.8. The number of carbonyl (C=O) groups excluding carboxylic acids is 2.